The van der Waals surface area contributed by atoms with Gasteiger partial charge in [-0.1, -0.05) is 127 Å². The molecule has 0 radical (unpaired) electrons. The Morgan fingerprint density at radius 1 is 0.309 bits per heavy atom. The first kappa shape index (κ1) is 72.4. The quantitative estimate of drug-likeness (QED) is 0.0201. The standard InChI is InChI=1S/C70H85N9O15/c1-65(2,3)92-62(86)77-68(10,43-71-59(83)89-40-46-22-16-13-17-23-46)56(80)74-52-34-28-49(29-35-52)55(50-30-36-53(37-31-50)75-57(81)69(11,78-63(87)93-66(4,5)6)44-72-60(84)90-41-47-24-18-14-19-25-47)51-32-38-54(39-33-51)76-58(82)70(12,79-64(88)94-67(7,8)9)45-73-61(85)91-42-48-26-20-15-21-27-48/h13-39,55H,40-45H2,1-12H3,(H,71,83)(H,72,84)(H,73,85)(H,74,80)(H,75,81)(H,76,82)(H,77,86)(H,78,87)(H,79,88)/t68-,69-,70-/m1/s1. The second-order valence-electron chi connectivity index (χ2n) is 25.8. The summed E-state index contributed by atoms with van der Waals surface area (Å²) < 4.78 is 32.6. The second-order valence-corrected chi connectivity index (χ2v) is 25.8. The van der Waals surface area contributed by atoms with Crippen molar-refractivity contribution in [3.8, 4) is 0 Å². The van der Waals surface area contributed by atoms with E-state index in [1.54, 1.807) is 208 Å². The maximum atomic E-state index is 14.3. The Balaban J connectivity index is 1.28. The smallest absolute Gasteiger partial charge is 0.408 e. The number of carbonyl (C=O) groups is 9. The SMILES string of the molecule is CC(C)(C)OC(=O)N[C@](C)(CNC(=O)OCc1ccccc1)C(=O)Nc1ccc(C(c2ccc(NC(=O)[C@@](C)(CNC(=O)OCc3ccccc3)NC(=O)OC(C)(C)C)cc2)c2ccc(NC(=O)[C@@](C)(CNC(=O)OCc3ccccc3)NC(=O)OC(C)(C)C)cc2)cc1. The predicted molar refractivity (Wildman–Crippen MR) is 353 cm³/mol. The third-order valence-electron chi connectivity index (χ3n) is 13.7. The van der Waals surface area contributed by atoms with Crippen molar-refractivity contribution in [3.05, 3.63) is 197 Å². The summed E-state index contributed by atoms with van der Waals surface area (Å²) in [6.07, 6.45) is -5.27. The molecule has 0 unspecified atom stereocenters. The molecule has 0 aliphatic carbocycles. The molecule has 6 aromatic rings. The number of hydrogen-bond acceptors (Lipinski definition) is 15. The minimum atomic E-state index is -1.79. The van der Waals surface area contributed by atoms with Crippen LogP contribution in [0.25, 0.3) is 0 Å². The van der Waals surface area contributed by atoms with Crippen molar-refractivity contribution >= 4 is 71.3 Å². The van der Waals surface area contributed by atoms with Crippen LogP contribution in [0.15, 0.2) is 164 Å². The van der Waals surface area contributed by atoms with Crippen molar-refractivity contribution in [2.45, 2.75) is 142 Å². The van der Waals surface area contributed by atoms with Gasteiger partial charge in [-0.2, -0.15) is 0 Å². The molecule has 500 valence electrons. The van der Waals surface area contributed by atoms with Crippen molar-refractivity contribution < 1.29 is 71.6 Å². The zero-order valence-electron chi connectivity index (χ0n) is 55.0. The normalized spacial score (nSPS) is 13.2. The fourth-order valence-electron chi connectivity index (χ4n) is 8.86. The first-order valence-corrected chi connectivity index (χ1v) is 30.3. The van der Waals surface area contributed by atoms with Crippen LogP contribution in [0.2, 0.25) is 0 Å². The first-order chi connectivity index (χ1) is 44.2. The number of carbonyl (C=O) groups excluding carboxylic acids is 9. The van der Waals surface area contributed by atoms with Crippen LogP contribution in [0.1, 0.15) is 122 Å². The Labute approximate surface area is 547 Å². The average Bonchev–Trinajstić information content (AvgIpc) is 0.816. The lowest BCUT2D eigenvalue weighted by Gasteiger charge is -2.31. The monoisotopic (exact) mass is 1290 g/mol. The number of anilines is 3. The fraction of sp³-hybridized carbons (Fsp3) is 0.357. The van der Waals surface area contributed by atoms with Crippen molar-refractivity contribution in [1.82, 2.24) is 31.9 Å². The van der Waals surface area contributed by atoms with Crippen LogP contribution in [-0.2, 0) is 62.6 Å². The summed E-state index contributed by atoms with van der Waals surface area (Å²) in [4.78, 5) is 121. The summed E-state index contributed by atoms with van der Waals surface area (Å²) in [5, 5.41) is 24.1. The zero-order valence-corrected chi connectivity index (χ0v) is 55.0. The molecule has 0 aromatic heterocycles. The maximum Gasteiger partial charge on any atom is 0.408 e. The molecule has 0 saturated heterocycles. The highest BCUT2D eigenvalue weighted by Crippen LogP contribution is 2.35. The minimum Gasteiger partial charge on any atom is -0.445 e. The molecule has 0 bridgehead atoms. The molecule has 0 saturated carbocycles. The number of alkyl carbamates (subject to hydrolysis) is 6. The lowest BCUT2D eigenvalue weighted by molar-refractivity contribution is -0.122. The van der Waals surface area contributed by atoms with E-state index in [2.05, 4.69) is 47.9 Å². The van der Waals surface area contributed by atoms with Gasteiger partial charge in [-0.3, -0.25) is 14.4 Å². The molecule has 0 aliphatic heterocycles. The van der Waals surface area contributed by atoms with Gasteiger partial charge < -0.3 is 76.3 Å². The third-order valence-corrected chi connectivity index (χ3v) is 13.7. The summed E-state index contributed by atoms with van der Waals surface area (Å²) in [5.74, 6) is -2.74. The van der Waals surface area contributed by atoms with Gasteiger partial charge >= 0.3 is 36.6 Å². The number of rotatable bonds is 24. The first-order valence-electron chi connectivity index (χ1n) is 30.3. The minimum absolute atomic E-state index is 0.0447. The van der Waals surface area contributed by atoms with Crippen LogP contribution >= 0.6 is 0 Å². The Morgan fingerprint density at radius 3 is 0.745 bits per heavy atom. The summed E-state index contributed by atoms with van der Waals surface area (Å²) >= 11 is 0. The molecule has 24 nitrogen and oxygen atoms in total. The summed E-state index contributed by atoms with van der Waals surface area (Å²) in [6, 6.07) is 47.4. The predicted octanol–water partition coefficient (Wildman–Crippen LogP) is 11.3. The molecule has 0 heterocycles. The van der Waals surface area contributed by atoms with Crippen molar-refractivity contribution in [2.24, 2.45) is 0 Å². The molecular formula is C70H85N9O15. The van der Waals surface area contributed by atoms with Crippen LogP contribution in [-0.4, -0.2) is 107 Å². The number of nitrogens with one attached hydrogen (secondary N) is 9. The van der Waals surface area contributed by atoms with Gasteiger partial charge in [0.2, 0.25) is 0 Å². The van der Waals surface area contributed by atoms with Crippen LogP contribution < -0.4 is 47.9 Å². The van der Waals surface area contributed by atoms with E-state index in [4.69, 9.17) is 28.4 Å². The molecule has 6 rings (SSSR count). The van der Waals surface area contributed by atoms with E-state index in [9.17, 15) is 43.2 Å². The number of ether oxygens (including phenoxy) is 6. The highest BCUT2D eigenvalue weighted by molar-refractivity contribution is 6.02. The molecule has 9 amide bonds. The highest BCUT2D eigenvalue weighted by Gasteiger charge is 2.40. The summed E-state index contributed by atoms with van der Waals surface area (Å²) in [6.45, 7) is 17.9. The Hall–Kier alpha value is -10.7. The molecule has 9 N–H and O–H groups in total. The lowest BCUT2D eigenvalue weighted by atomic mass is 9.85. The largest absolute Gasteiger partial charge is 0.445 e. The molecule has 94 heavy (non-hydrogen) atoms. The highest BCUT2D eigenvalue weighted by atomic mass is 16.6. The topological polar surface area (TPSA) is 317 Å². The van der Waals surface area contributed by atoms with E-state index < -0.39 is 113 Å². The van der Waals surface area contributed by atoms with E-state index in [0.717, 1.165) is 16.7 Å². The molecule has 3 atom stereocenters. The number of amides is 9. The Bertz CT molecular complexity index is 3190. The van der Waals surface area contributed by atoms with Crippen LogP contribution in [0, 0.1) is 0 Å². The number of hydrogen-bond donors (Lipinski definition) is 9. The van der Waals surface area contributed by atoms with E-state index in [1.807, 2.05) is 18.2 Å². The van der Waals surface area contributed by atoms with Crippen molar-refractivity contribution in [1.29, 1.82) is 0 Å². The molecule has 6 aromatic carbocycles. The number of benzene rings is 6. The van der Waals surface area contributed by atoms with Gasteiger partial charge in [0.25, 0.3) is 17.7 Å². The molecule has 0 spiro atoms. The van der Waals surface area contributed by atoms with E-state index in [0.29, 0.717) is 33.8 Å². The maximum absolute atomic E-state index is 14.3. The molecule has 0 fully saturated rings. The van der Waals surface area contributed by atoms with Crippen molar-refractivity contribution in [2.75, 3.05) is 35.6 Å². The molecular weight excluding hydrogens is 1210 g/mol. The average molecular weight is 1290 g/mol. The van der Waals surface area contributed by atoms with Gasteiger partial charge in [-0.25, -0.2) is 28.8 Å². The van der Waals surface area contributed by atoms with Crippen LogP contribution in [0.4, 0.5) is 45.8 Å². The molecule has 24 heteroatoms. The third kappa shape index (κ3) is 23.9. The van der Waals surface area contributed by atoms with E-state index >= 15 is 0 Å². The van der Waals surface area contributed by atoms with Crippen LogP contribution in [0.3, 0.4) is 0 Å². The van der Waals surface area contributed by atoms with Gasteiger partial charge in [0, 0.05) is 23.0 Å². The second kappa shape index (κ2) is 32.1. The molecule has 0 aliphatic rings. The van der Waals surface area contributed by atoms with Gasteiger partial charge in [0.1, 0.15) is 53.2 Å². The summed E-state index contributed by atoms with van der Waals surface area (Å²) in [7, 11) is 0. The van der Waals surface area contributed by atoms with E-state index in [-0.39, 0.29) is 19.8 Å². The summed E-state index contributed by atoms with van der Waals surface area (Å²) in [5.41, 5.74) is -2.99. The Morgan fingerprint density at radius 2 is 0.532 bits per heavy atom. The van der Waals surface area contributed by atoms with Gasteiger partial charge in [0.15, 0.2) is 0 Å². The van der Waals surface area contributed by atoms with Crippen LogP contribution in [0.5, 0.6) is 0 Å². The lowest BCUT2D eigenvalue weighted by Crippen LogP contribution is -2.61. The zero-order chi connectivity index (χ0) is 68.9. The Kier molecular flexibility index (Phi) is 24.7. The van der Waals surface area contributed by atoms with Gasteiger partial charge in [-0.15, -0.1) is 0 Å². The fourth-order valence-corrected chi connectivity index (χ4v) is 8.86. The van der Waals surface area contributed by atoms with Gasteiger partial charge in [0.05, 0.1) is 19.6 Å². The van der Waals surface area contributed by atoms with E-state index in [1.165, 1.54) is 20.8 Å². The van der Waals surface area contributed by atoms with Gasteiger partial charge in [-0.05, 0) is 153 Å². The van der Waals surface area contributed by atoms with Crippen molar-refractivity contribution in [3.63, 3.8) is 0 Å².